The van der Waals surface area contributed by atoms with Gasteiger partial charge in [-0.05, 0) is 62.8 Å². The zero-order valence-electron chi connectivity index (χ0n) is 15.3. The second-order valence-corrected chi connectivity index (χ2v) is 8.67. The summed E-state index contributed by atoms with van der Waals surface area (Å²) in [7, 11) is -4.11. The molecule has 1 saturated carbocycles. The van der Waals surface area contributed by atoms with Crippen LogP contribution >= 0.6 is 0 Å². The minimum absolute atomic E-state index is 0.00299. The summed E-state index contributed by atoms with van der Waals surface area (Å²) in [6.07, 6.45) is 3.82. The Kier molecular flexibility index (Phi) is 5.50. The zero-order valence-corrected chi connectivity index (χ0v) is 16.1. The van der Waals surface area contributed by atoms with Crippen molar-refractivity contribution >= 4 is 21.6 Å². The molecule has 146 valence electrons. The smallest absolute Gasteiger partial charge is 0.282 e. The number of benzene rings is 1. The van der Waals surface area contributed by atoms with E-state index in [9.17, 15) is 17.6 Å². The standard InChI is InChI=1S/C18H23FN4O3S/c1-11-3-7-14(8-4-11)20-17(24)16-12(2)21-22-18(16)27(25,26)23-15-9-5-13(19)6-10-15/h5-6,9-11,14,23H,3-4,7-8H2,1-2H3,(H,20,24)(H,21,22). The second-order valence-electron chi connectivity index (χ2n) is 7.07. The number of sulfonamides is 1. The fourth-order valence-electron chi connectivity index (χ4n) is 3.25. The van der Waals surface area contributed by atoms with Crippen LogP contribution in [0.5, 0.6) is 0 Å². The number of aromatic amines is 1. The third-order valence-corrected chi connectivity index (χ3v) is 6.15. The predicted octanol–water partition coefficient (Wildman–Crippen LogP) is 2.97. The van der Waals surface area contributed by atoms with Crippen LogP contribution in [-0.4, -0.2) is 30.6 Å². The second kappa shape index (κ2) is 7.67. The molecule has 0 unspecified atom stereocenters. The van der Waals surface area contributed by atoms with Gasteiger partial charge in [0.15, 0.2) is 0 Å². The molecular weight excluding hydrogens is 371 g/mol. The third kappa shape index (κ3) is 4.47. The van der Waals surface area contributed by atoms with Crippen molar-refractivity contribution in [2.45, 2.75) is 50.6 Å². The van der Waals surface area contributed by atoms with Crippen molar-refractivity contribution in [2.75, 3.05) is 4.72 Å². The van der Waals surface area contributed by atoms with E-state index in [1.807, 2.05) is 0 Å². The lowest BCUT2D eigenvalue weighted by Crippen LogP contribution is -2.38. The normalized spacial score (nSPS) is 20.3. The average Bonchev–Trinajstić information content (AvgIpc) is 3.01. The number of halogens is 1. The van der Waals surface area contributed by atoms with Crippen LogP contribution in [0.2, 0.25) is 0 Å². The summed E-state index contributed by atoms with van der Waals surface area (Å²) in [5, 5.41) is 8.95. The van der Waals surface area contributed by atoms with E-state index in [0.717, 1.165) is 37.8 Å². The first kappa shape index (κ1) is 19.3. The Bertz CT molecular complexity index is 917. The van der Waals surface area contributed by atoms with Crippen LogP contribution in [0.1, 0.15) is 48.7 Å². The molecule has 0 bridgehead atoms. The number of aromatic nitrogens is 2. The molecule has 0 aliphatic heterocycles. The molecule has 2 aromatic rings. The Hall–Kier alpha value is -2.42. The molecule has 3 rings (SSSR count). The number of hydrogen-bond acceptors (Lipinski definition) is 4. The van der Waals surface area contributed by atoms with Crippen LogP contribution in [-0.2, 0) is 10.0 Å². The van der Waals surface area contributed by atoms with Gasteiger partial charge in [0.2, 0.25) is 5.03 Å². The van der Waals surface area contributed by atoms with Crippen LogP contribution in [0.25, 0.3) is 0 Å². The third-order valence-electron chi connectivity index (χ3n) is 4.84. The average molecular weight is 394 g/mol. The van der Waals surface area contributed by atoms with Gasteiger partial charge in [0.05, 0.1) is 0 Å². The Morgan fingerprint density at radius 1 is 1.19 bits per heavy atom. The minimum atomic E-state index is -4.11. The quantitative estimate of drug-likeness (QED) is 0.725. The maximum absolute atomic E-state index is 13.0. The molecule has 1 heterocycles. The summed E-state index contributed by atoms with van der Waals surface area (Å²) in [4.78, 5) is 12.7. The zero-order chi connectivity index (χ0) is 19.6. The summed E-state index contributed by atoms with van der Waals surface area (Å²) in [6, 6.07) is 4.92. The van der Waals surface area contributed by atoms with E-state index in [1.54, 1.807) is 6.92 Å². The molecule has 1 aliphatic carbocycles. The Morgan fingerprint density at radius 3 is 2.44 bits per heavy atom. The van der Waals surface area contributed by atoms with Crippen molar-refractivity contribution < 1.29 is 17.6 Å². The predicted molar refractivity (Wildman–Crippen MR) is 99.4 cm³/mol. The number of carbonyl (C=O) groups is 1. The molecule has 1 aromatic heterocycles. The summed E-state index contributed by atoms with van der Waals surface area (Å²) in [6.45, 7) is 3.78. The van der Waals surface area contributed by atoms with Gasteiger partial charge in [-0.3, -0.25) is 14.6 Å². The van der Waals surface area contributed by atoms with Gasteiger partial charge in [-0.2, -0.15) is 13.5 Å². The number of hydrogen-bond donors (Lipinski definition) is 3. The lowest BCUT2D eigenvalue weighted by Gasteiger charge is -2.26. The molecule has 1 amide bonds. The van der Waals surface area contributed by atoms with Crippen molar-refractivity contribution in [1.82, 2.24) is 15.5 Å². The number of nitrogens with zero attached hydrogens (tertiary/aromatic N) is 1. The van der Waals surface area contributed by atoms with Gasteiger partial charge in [0, 0.05) is 17.4 Å². The molecule has 3 N–H and O–H groups in total. The molecule has 7 nitrogen and oxygen atoms in total. The first-order valence-corrected chi connectivity index (χ1v) is 10.4. The Balaban J connectivity index is 1.80. The van der Waals surface area contributed by atoms with E-state index in [1.165, 1.54) is 12.1 Å². The van der Waals surface area contributed by atoms with Crippen molar-refractivity contribution in [3.8, 4) is 0 Å². The topological polar surface area (TPSA) is 104 Å². The number of nitrogens with one attached hydrogen (secondary N) is 3. The molecule has 0 saturated heterocycles. The Morgan fingerprint density at radius 2 is 1.81 bits per heavy atom. The van der Waals surface area contributed by atoms with Crippen molar-refractivity contribution in [3.05, 3.63) is 41.3 Å². The molecule has 9 heteroatoms. The number of rotatable bonds is 5. The summed E-state index contributed by atoms with van der Waals surface area (Å²) in [5.41, 5.74) is 0.559. The summed E-state index contributed by atoms with van der Waals surface area (Å²) >= 11 is 0. The van der Waals surface area contributed by atoms with Gasteiger partial charge in [-0.15, -0.1) is 0 Å². The van der Waals surface area contributed by atoms with Crippen LogP contribution < -0.4 is 10.0 Å². The number of aryl methyl sites for hydroxylation is 1. The van der Waals surface area contributed by atoms with Crippen LogP contribution in [0, 0.1) is 18.7 Å². The molecule has 0 radical (unpaired) electrons. The molecule has 1 aliphatic rings. The minimum Gasteiger partial charge on any atom is -0.349 e. The van der Waals surface area contributed by atoms with Gasteiger partial charge in [-0.25, -0.2) is 4.39 Å². The largest absolute Gasteiger partial charge is 0.349 e. The van der Waals surface area contributed by atoms with E-state index < -0.39 is 21.7 Å². The highest BCUT2D eigenvalue weighted by Gasteiger charge is 2.30. The van der Waals surface area contributed by atoms with Gasteiger partial charge in [0.1, 0.15) is 11.4 Å². The van der Waals surface area contributed by atoms with Crippen LogP contribution in [0.4, 0.5) is 10.1 Å². The molecule has 1 fully saturated rings. The van der Waals surface area contributed by atoms with Crippen molar-refractivity contribution in [2.24, 2.45) is 5.92 Å². The molecule has 0 spiro atoms. The van der Waals surface area contributed by atoms with E-state index in [2.05, 4.69) is 27.2 Å². The van der Waals surface area contributed by atoms with Gasteiger partial charge in [0.25, 0.3) is 15.9 Å². The van der Waals surface area contributed by atoms with E-state index >= 15 is 0 Å². The van der Waals surface area contributed by atoms with E-state index in [0.29, 0.717) is 11.6 Å². The highest BCUT2D eigenvalue weighted by molar-refractivity contribution is 7.92. The maximum atomic E-state index is 13.0. The molecule has 0 atom stereocenters. The number of H-pyrrole nitrogens is 1. The van der Waals surface area contributed by atoms with E-state index in [-0.39, 0.29) is 22.3 Å². The lowest BCUT2D eigenvalue weighted by molar-refractivity contribution is 0.0919. The van der Waals surface area contributed by atoms with Crippen molar-refractivity contribution in [3.63, 3.8) is 0 Å². The Labute approximate surface area is 157 Å². The highest BCUT2D eigenvalue weighted by atomic mass is 32.2. The van der Waals surface area contributed by atoms with Gasteiger partial charge in [-0.1, -0.05) is 6.92 Å². The van der Waals surface area contributed by atoms with Gasteiger partial charge < -0.3 is 5.32 Å². The molecule has 1 aromatic carbocycles. The summed E-state index contributed by atoms with van der Waals surface area (Å²) < 4.78 is 40.7. The first-order valence-electron chi connectivity index (χ1n) is 8.90. The van der Waals surface area contributed by atoms with Crippen LogP contribution in [0.15, 0.2) is 29.3 Å². The first-order chi connectivity index (χ1) is 12.8. The molecule has 27 heavy (non-hydrogen) atoms. The van der Waals surface area contributed by atoms with Gasteiger partial charge >= 0.3 is 0 Å². The number of anilines is 1. The SMILES string of the molecule is Cc1[nH]nc(S(=O)(=O)Nc2ccc(F)cc2)c1C(=O)NC1CCC(C)CC1. The fraction of sp³-hybridized carbons (Fsp3) is 0.444. The fourth-order valence-corrected chi connectivity index (χ4v) is 4.48. The lowest BCUT2D eigenvalue weighted by atomic mass is 9.87. The maximum Gasteiger partial charge on any atom is 0.282 e. The number of amides is 1. The number of carbonyl (C=O) groups excluding carboxylic acids is 1. The van der Waals surface area contributed by atoms with E-state index in [4.69, 9.17) is 0 Å². The van der Waals surface area contributed by atoms with Crippen LogP contribution in [0.3, 0.4) is 0 Å². The highest BCUT2D eigenvalue weighted by Crippen LogP contribution is 2.25. The monoisotopic (exact) mass is 394 g/mol. The van der Waals surface area contributed by atoms with Crippen molar-refractivity contribution in [1.29, 1.82) is 0 Å². The summed E-state index contributed by atoms with van der Waals surface area (Å²) in [5.74, 6) is -0.291. The molecular formula is C18H23FN4O3S.